The molecule has 1 amide bonds. The minimum atomic E-state index is -0.903. The fourth-order valence-corrected chi connectivity index (χ4v) is 2.90. The van der Waals surface area contributed by atoms with E-state index in [9.17, 15) is 14.7 Å². The van der Waals surface area contributed by atoms with E-state index in [4.69, 9.17) is 0 Å². The number of carboxylic acids is 1. The van der Waals surface area contributed by atoms with Gasteiger partial charge in [-0.05, 0) is 44.0 Å². The number of nitrogens with zero attached hydrogens (tertiary/aromatic N) is 1. The first-order chi connectivity index (χ1) is 9.86. The number of carbonyl (C=O) groups excluding carboxylic acids is 1. The van der Waals surface area contributed by atoms with Gasteiger partial charge in [0, 0.05) is 13.1 Å². The van der Waals surface area contributed by atoms with E-state index in [1.165, 1.54) is 0 Å². The summed E-state index contributed by atoms with van der Waals surface area (Å²) in [5, 5.41) is 12.4. The molecule has 0 atom stereocenters. The summed E-state index contributed by atoms with van der Waals surface area (Å²) in [5.41, 5.74) is 1.54. The van der Waals surface area contributed by atoms with Crippen LogP contribution >= 0.6 is 0 Å². The van der Waals surface area contributed by atoms with Gasteiger partial charge >= 0.3 is 5.97 Å². The molecule has 0 unspecified atom stereocenters. The lowest BCUT2D eigenvalue weighted by atomic mass is 9.93. The van der Waals surface area contributed by atoms with Crippen molar-refractivity contribution in [2.45, 2.75) is 39.3 Å². The second kappa shape index (κ2) is 5.85. The molecule has 0 radical (unpaired) electrons. The molecule has 5 nitrogen and oxygen atoms in total. The van der Waals surface area contributed by atoms with Crippen LogP contribution in [0.3, 0.4) is 0 Å². The van der Waals surface area contributed by atoms with Gasteiger partial charge in [-0.2, -0.15) is 0 Å². The molecule has 0 saturated carbocycles. The van der Waals surface area contributed by atoms with E-state index < -0.39 is 11.5 Å². The van der Waals surface area contributed by atoms with Crippen LogP contribution in [0.15, 0.2) is 18.2 Å². The number of hydrogen-bond acceptors (Lipinski definition) is 3. The number of carboxylic acid groups (broad SMARTS) is 1. The van der Waals surface area contributed by atoms with Crippen LogP contribution < -0.4 is 5.32 Å². The largest absolute Gasteiger partial charge is 0.478 e. The highest BCUT2D eigenvalue weighted by molar-refractivity contribution is 5.90. The van der Waals surface area contributed by atoms with Gasteiger partial charge in [-0.3, -0.25) is 4.79 Å². The summed E-state index contributed by atoms with van der Waals surface area (Å²) in [7, 11) is 0. The summed E-state index contributed by atoms with van der Waals surface area (Å²) in [6.07, 6.45) is 0.589. The summed E-state index contributed by atoms with van der Waals surface area (Å²) in [6.45, 7) is 7.49. The van der Waals surface area contributed by atoms with E-state index in [0.29, 0.717) is 25.1 Å². The van der Waals surface area contributed by atoms with Crippen molar-refractivity contribution in [2.24, 2.45) is 0 Å². The number of fused-ring (bicyclic) bond motifs is 1. The number of aromatic carboxylic acids is 1. The van der Waals surface area contributed by atoms with Gasteiger partial charge in [-0.1, -0.05) is 19.1 Å². The molecule has 0 aromatic heterocycles. The molecule has 1 heterocycles. The Kier molecular flexibility index (Phi) is 4.32. The monoisotopic (exact) mass is 290 g/mol. The van der Waals surface area contributed by atoms with Gasteiger partial charge in [0.05, 0.1) is 11.1 Å². The van der Waals surface area contributed by atoms with E-state index in [2.05, 4.69) is 5.32 Å². The minimum absolute atomic E-state index is 0.0516. The molecule has 2 N–H and O–H groups in total. The number of hydrogen-bond donors (Lipinski definition) is 2. The first-order valence-electron chi connectivity index (χ1n) is 7.25. The third-order valence-corrected chi connectivity index (χ3v) is 3.94. The second-order valence-corrected chi connectivity index (χ2v) is 5.88. The molecular weight excluding hydrogens is 268 g/mol. The molecule has 0 saturated heterocycles. The molecule has 0 aliphatic carbocycles. The van der Waals surface area contributed by atoms with Gasteiger partial charge in [0.1, 0.15) is 0 Å². The summed E-state index contributed by atoms with van der Waals surface area (Å²) >= 11 is 0. The first-order valence-corrected chi connectivity index (χ1v) is 7.25. The van der Waals surface area contributed by atoms with Crippen LogP contribution in [-0.2, 0) is 17.8 Å². The van der Waals surface area contributed by atoms with Crippen molar-refractivity contribution in [1.29, 1.82) is 0 Å². The highest BCUT2D eigenvalue weighted by atomic mass is 16.4. The van der Waals surface area contributed by atoms with Crippen molar-refractivity contribution in [3.8, 4) is 0 Å². The van der Waals surface area contributed by atoms with Crippen molar-refractivity contribution in [3.05, 3.63) is 34.9 Å². The molecule has 1 aliphatic rings. The Balaban J connectivity index is 2.22. The molecule has 1 aromatic carbocycles. The van der Waals surface area contributed by atoms with Crippen molar-refractivity contribution < 1.29 is 14.7 Å². The Morgan fingerprint density at radius 3 is 2.71 bits per heavy atom. The van der Waals surface area contributed by atoms with Crippen LogP contribution in [0.2, 0.25) is 0 Å². The number of carbonyl (C=O) groups is 2. The highest BCUT2D eigenvalue weighted by Gasteiger charge is 2.33. The van der Waals surface area contributed by atoms with Crippen LogP contribution in [0.25, 0.3) is 0 Å². The smallest absolute Gasteiger partial charge is 0.335 e. The number of benzene rings is 1. The summed E-state index contributed by atoms with van der Waals surface area (Å²) in [6, 6.07) is 5.27. The zero-order valence-electron chi connectivity index (χ0n) is 12.8. The third-order valence-electron chi connectivity index (χ3n) is 3.94. The molecule has 0 bridgehead atoms. The van der Waals surface area contributed by atoms with Crippen LogP contribution in [0.4, 0.5) is 0 Å². The maximum atomic E-state index is 12.6. The van der Waals surface area contributed by atoms with E-state index >= 15 is 0 Å². The molecule has 0 fully saturated rings. The Morgan fingerprint density at radius 1 is 1.38 bits per heavy atom. The highest BCUT2D eigenvalue weighted by Crippen LogP contribution is 2.24. The number of amides is 1. The number of rotatable bonds is 4. The molecule has 1 aromatic rings. The predicted molar refractivity (Wildman–Crippen MR) is 80.3 cm³/mol. The van der Waals surface area contributed by atoms with Gasteiger partial charge in [0.15, 0.2) is 0 Å². The van der Waals surface area contributed by atoms with Crippen LogP contribution in [-0.4, -0.2) is 40.5 Å². The van der Waals surface area contributed by atoms with Gasteiger partial charge in [0.25, 0.3) is 0 Å². The summed E-state index contributed by atoms with van der Waals surface area (Å²) in [5.74, 6) is -0.852. The topological polar surface area (TPSA) is 69.6 Å². The third kappa shape index (κ3) is 3.08. The zero-order valence-corrected chi connectivity index (χ0v) is 12.8. The molecule has 1 aliphatic heterocycles. The Hall–Kier alpha value is -1.88. The molecule has 2 rings (SSSR count). The van der Waals surface area contributed by atoms with Crippen molar-refractivity contribution >= 4 is 11.9 Å². The quantitative estimate of drug-likeness (QED) is 0.885. The first kappa shape index (κ1) is 15.5. The van der Waals surface area contributed by atoms with Crippen molar-refractivity contribution in [3.63, 3.8) is 0 Å². The van der Waals surface area contributed by atoms with Gasteiger partial charge in [-0.25, -0.2) is 4.79 Å². The lowest BCUT2D eigenvalue weighted by Gasteiger charge is -2.36. The Bertz CT molecular complexity index is 567. The van der Waals surface area contributed by atoms with Gasteiger partial charge < -0.3 is 15.3 Å². The average Bonchev–Trinajstić information content (AvgIpc) is 2.45. The maximum absolute atomic E-state index is 12.6. The molecule has 5 heteroatoms. The number of likely N-dealkylation sites (N-methyl/N-ethyl adjacent to an activating group) is 1. The molecular formula is C16H22N2O3. The minimum Gasteiger partial charge on any atom is -0.478 e. The summed E-state index contributed by atoms with van der Waals surface area (Å²) in [4.78, 5) is 25.6. The van der Waals surface area contributed by atoms with E-state index in [1.54, 1.807) is 17.0 Å². The predicted octanol–water partition coefficient (Wildman–Crippen LogP) is 1.66. The number of nitrogens with one attached hydrogen (secondary N) is 1. The Labute approximate surface area is 125 Å². The maximum Gasteiger partial charge on any atom is 0.335 e. The lowest BCUT2D eigenvalue weighted by molar-refractivity contribution is -0.138. The standard InChI is InChI=1S/C16H22N2O3/c1-4-17-16(2,3)15(21)18-9-8-12-11(10-18)6-5-7-13(12)14(19)20/h5-7,17H,4,8-10H2,1-3H3,(H,19,20). The van der Waals surface area contributed by atoms with Crippen LogP contribution in [0.1, 0.15) is 42.3 Å². The van der Waals surface area contributed by atoms with E-state index in [0.717, 1.165) is 17.7 Å². The molecule has 0 spiro atoms. The second-order valence-electron chi connectivity index (χ2n) is 5.88. The molecule has 21 heavy (non-hydrogen) atoms. The van der Waals surface area contributed by atoms with Crippen LogP contribution in [0.5, 0.6) is 0 Å². The summed E-state index contributed by atoms with van der Waals surface area (Å²) < 4.78 is 0. The lowest BCUT2D eigenvalue weighted by Crippen LogP contribution is -2.55. The molecule has 114 valence electrons. The van der Waals surface area contributed by atoms with Crippen LogP contribution in [0, 0.1) is 0 Å². The zero-order chi connectivity index (χ0) is 15.6. The SMILES string of the molecule is CCNC(C)(C)C(=O)N1CCc2c(cccc2C(=O)O)C1. The fourth-order valence-electron chi connectivity index (χ4n) is 2.90. The normalized spacial score (nSPS) is 14.7. The van der Waals surface area contributed by atoms with Crippen molar-refractivity contribution in [2.75, 3.05) is 13.1 Å². The van der Waals surface area contributed by atoms with Gasteiger partial charge in [0.2, 0.25) is 5.91 Å². The fraction of sp³-hybridized carbons (Fsp3) is 0.500. The average molecular weight is 290 g/mol. The van der Waals surface area contributed by atoms with E-state index in [1.807, 2.05) is 26.8 Å². The van der Waals surface area contributed by atoms with E-state index in [-0.39, 0.29) is 5.91 Å². The Morgan fingerprint density at radius 2 is 2.10 bits per heavy atom. The van der Waals surface area contributed by atoms with Gasteiger partial charge in [-0.15, -0.1) is 0 Å². The van der Waals surface area contributed by atoms with Crippen molar-refractivity contribution in [1.82, 2.24) is 10.2 Å².